The molecule has 19 heavy (non-hydrogen) atoms. The third kappa shape index (κ3) is 2.66. The lowest BCUT2D eigenvalue weighted by Crippen LogP contribution is -2.50. The topological polar surface area (TPSA) is 40.5 Å². The Balaban J connectivity index is 2.48. The van der Waals surface area contributed by atoms with Crippen LogP contribution in [0, 0.1) is 5.92 Å². The van der Waals surface area contributed by atoms with E-state index in [2.05, 4.69) is 30.9 Å². The maximum Gasteiger partial charge on any atom is 0.305 e. The van der Waals surface area contributed by atoms with Crippen LogP contribution in [0.5, 0.6) is 0 Å². The zero-order chi connectivity index (χ0) is 13.9. The quantitative estimate of drug-likeness (QED) is 0.885. The molecule has 2 rings (SSSR count). The van der Waals surface area contributed by atoms with Gasteiger partial charge in [-0.05, 0) is 37.4 Å². The summed E-state index contributed by atoms with van der Waals surface area (Å²) in [6, 6.07) is 10.1. The fourth-order valence-electron chi connectivity index (χ4n) is 3.37. The molecule has 3 nitrogen and oxygen atoms in total. The highest BCUT2D eigenvalue weighted by atomic mass is 16.4. The van der Waals surface area contributed by atoms with Crippen LogP contribution in [0.4, 0.5) is 0 Å². The summed E-state index contributed by atoms with van der Waals surface area (Å²) < 4.78 is 0. The Bertz CT molecular complexity index is 424. The zero-order valence-corrected chi connectivity index (χ0v) is 11.8. The van der Waals surface area contributed by atoms with Gasteiger partial charge in [0.05, 0.1) is 12.0 Å². The number of hydrogen-bond donors (Lipinski definition) is 1. The molecular weight excluding hydrogens is 238 g/mol. The number of nitrogens with zero attached hydrogens (tertiary/aromatic N) is 1. The lowest BCUT2D eigenvalue weighted by Gasteiger charge is -2.45. The molecule has 0 saturated carbocycles. The normalized spacial score (nSPS) is 19.5. The average molecular weight is 261 g/mol. The van der Waals surface area contributed by atoms with Crippen LogP contribution < -0.4 is 0 Å². The van der Waals surface area contributed by atoms with E-state index in [-0.39, 0.29) is 17.9 Å². The predicted octanol–water partition coefficient (Wildman–Crippen LogP) is 3.11. The van der Waals surface area contributed by atoms with Crippen LogP contribution in [0.15, 0.2) is 30.3 Å². The highest BCUT2D eigenvalue weighted by Gasteiger charge is 2.44. The van der Waals surface area contributed by atoms with E-state index in [1.807, 2.05) is 18.2 Å². The maximum atomic E-state index is 11.4. The molecule has 0 bridgehead atoms. The van der Waals surface area contributed by atoms with E-state index in [0.717, 1.165) is 18.7 Å². The van der Waals surface area contributed by atoms with Crippen molar-refractivity contribution in [3.63, 3.8) is 0 Å². The predicted molar refractivity (Wildman–Crippen MR) is 76.0 cm³/mol. The molecule has 0 aromatic heterocycles. The SMILES string of the molecule is CC(C)C(CC(=O)O)(c1ccccc1)N1CCCC1. The van der Waals surface area contributed by atoms with E-state index >= 15 is 0 Å². The molecule has 0 radical (unpaired) electrons. The average Bonchev–Trinajstić information content (AvgIpc) is 2.90. The largest absolute Gasteiger partial charge is 0.481 e. The molecule has 0 aliphatic carbocycles. The van der Waals surface area contributed by atoms with Gasteiger partial charge in [0.15, 0.2) is 0 Å². The van der Waals surface area contributed by atoms with Crippen molar-refractivity contribution in [3.8, 4) is 0 Å². The van der Waals surface area contributed by atoms with Crippen molar-refractivity contribution in [2.24, 2.45) is 5.92 Å². The summed E-state index contributed by atoms with van der Waals surface area (Å²) >= 11 is 0. The number of benzene rings is 1. The maximum absolute atomic E-state index is 11.4. The van der Waals surface area contributed by atoms with Crippen molar-refractivity contribution in [2.45, 2.75) is 38.6 Å². The summed E-state index contributed by atoms with van der Waals surface area (Å²) in [5.74, 6) is -0.450. The molecule has 1 atom stereocenters. The van der Waals surface area contributed by atoms with Crippen molar-refractivity contribution in [1.29, 1.82) is 0 Å². The third-order valence-electron chi connectivity index (χ3n) is 4.32. The first kappa shape index (κ1) is 14.1. The van der Waals surface area contributed by atoms with Crippen molar-refractivity contribution in [1.82, 2.24) is 4.90 Å². The molecule has 1 aromatic carbocycles. The minimum Gasteiger partial charge on any atom is -0.481 e. The number of carboxylic acid groups (broad SMARTS) is 1. The lowest BCUT2D eigenvalue weighted by atomic mass is 9.76. The molecule has 1 N–H and O–H groups in total. The van der Waals surface area contributed by atoms with Gasteiger partial charge in [-0.25, -0.2) is 0 Å². The first-order valence-electron chi connectivity index (χ1n) is 7.09. The summed E-state index contributed by atoms with van der Waals surface area (Å²) in [5.41, 5.74) is 0.762. The molecule has 3 heteroatoms. The van der Waals surface area contributed by atoms with E-state index < -0.39 is 5.97 Å². The first-order valence-corrected chi connectivity index (χ1v) is 7.09. The van der Waals surface area contributed by atoms with Crippen LogP contribution >= 0.6 is 0 Å². The molecule has 1 aromatic rings. The van der Waals surface area contributed by atoms with E-state index in [0.29, 0.717) is 0 Å². The smallest absolute Gasteiger partial charge is 0.305 e. The Morgan fingerprint density at radius 3 is 2.32 bits per heavy atom. The number of rotatable bonds is 5. The summed E-state index contributed by atoms with van der Waals surface area (Å²) in [6.07, 6.45) is 2.51. The Labute approximate surface area is 115 Å². The molecule has 0 amide bonds. The molecule has 1 aliphatic rings. The Hall–Kier alpha value is -1.35. The zero-order valence-electron chi connectivity index (χ0n) is 11.8. The fourth-order valence-corrected chi connectivity index (χ4v) is 3.37. The van der Waals surface area contributed by atoms with Gasteiger partial charge in [0.25, 0.3) is 0 Å². The second kappa shape index (κ2) is 5.74. The summed E-state index contributed by atoms with van der Waals surface area (Å²) in [4.78, 5) is 13.8. The van der Waals surface area contributed by atoms with Crippen LogP contribution in [-0.4, -0.2) is 29.1 Å². The van der Waals surface area contributed by atoms with Gasteiger partial charge >= 0.3 is 5.97 Å². The van der Waals surface area contributed by atoms with Crippen LogP contribution in [0.2, 0.25) is 0 Å². The molecule has 1 unspecified atom stereocenters. The molecule has 1 fully saturated rings. The van der Waals surface area contributed by atoms with E-state index in [9.17, 15) is 9.90 Å². The highest BCUT2D eigenvalue weighted by molar-refractivity contribution is 5.69. The van der Waals surface area contributed by atoms with Crippen LogP contribution in [0.3, 0.4) is 0 Å². The molecule has 1 heterocycles. The van der Waals surface area contributed by atoms with Gasteiger partial charge in [0.1, 0.15) is 0 Å². The molecule has 0 spiro atoms. The van der Waals surface area contributed by atoms with Gasteiger partial charge in [-0.1, -0.05) is 44.2 Å². The first-order chi connectivity index (χ1) is 9.07. The molecule has 1 aliphatic heterocycles. The number of carboxylic acids is 1. The van der Waals surface area contributed by atoms with E-state index in [4.69, 9.17) is 0 Å². The van der Waals surface area contributed by atoms with E-state index in [1.54, 1.807) is 0 Å². The third-order valence-corrected chi connectivity index (χ3v) is 4.32. The minimum atomic E-state index is -0.718. The second-order valence-corrected chi connectivity index (χ2v) is 5.71. The van der Waals surface area contributed by atoms with Crippen molar-refractivity contribution < 1.29 is 9.90 Å². The van der Waals surface area contributed by atoms with Gasteiger partial charge in [-0.3, -0.25) is 9.69 Å². The van der Waals surface area contributed by atoms with Crippen LogP contribution in [0.25, 0.3) is 0 Å². The van der Waals surface area contributed by atoms with Crippen molar-refractivity contribution in [3.05, 3.63) is 35.9 Å². The molecule has 1 saturated heterocycles. The Kier molecular flexibility index (Phi) is 4.25. The Morgan fingerprint density at radius 2 is 1.84 bits per heavy atom. The van der Waals surface area contributed by atoms with Gasteiger partial charge in [-0.15, -0.1) is 0 Å². The minimum absolute atomic E-state index is 0.175. The van der Waals surface area contributed by atoms with Crippen LogP contribution in [0.1, 0.15) is 38.7 Å². The monoisotopic (exact) mass is 261 g/mol. The molecular formula is C16H23NO2. The summed E-state index contributed by atoms with van der Waals surface area (Å²) in [6.45, 7) is 6.27. The highest BCUT2D eigenvalue weighted by Crippen LogP contribution is 2.41. The summed E-state index contributed by atoms with van der Waals surface area (Å²) in [7, 11) is 0. The molecule has 104 valence electrons. The standard InChI is InChI=1S/C16H23NO2/c1-13(2)16(12-15(18)19,17-10-6-7-11-17)14-8-4-3-5-9-14/h3-5,8-9,13H,6-7,10-12H2,1-2H3,(H,18,19). The Morgan fingerprint density at radius 1 is 1.26 bits per heavy atom. The van der Waals surface area contributed by atoms with Crippen LogP contribution in [-0.2, 0) is 10.3 Å². The summed E-state index contributed by atoms with van der Waals surface area (Å²) in [5, 5.41) is 9.39. The van der Waals surface area contributed by atoms with Gasteiger partial charge in [-0.2, -0.15) is 0 Å². The van der Waals surface area contributed by atoms with Gasteiger partial charge in [0, 0.05) is 0 Å². The number of carbonyl (C=O) groups is 1. The number of aliphatic carboxylic acids is 1. The van der Waals surface area contributed by atoms with Crippen molar-refractivity contribution in [2.75, 3.05) is 13.1 Å². The second-order valence-electron chi connectivity index (χ2n) is 5.71. The van der Waals surface area contributed by atoms with Gasteiger partial charge < -0.3 is 5.11 Å². The number of likely N-dealkylation sites (tertiary alicyclic amines) is 1. The van der Waals surface area contributed by atoms with Crippen molar-refractivity contribution >= 4 is 5.97 Å². The van der Waals surface area contributed by atoms with E-state index in [1.165, 1.54) is 12.8 Å². The fraction of sp³-hybridized carbons (Fsp3) is 0.562. The number of hydrogen-bond acceptors (Lipinski definition) is 2. The van der Waals surface area contributed by atoms with Gasteiger partial charge in [0.2, 0.25) is 0 Å². The lowest BCUT2D eigenvalue weighted by molar-refractivity contribution is -0.141.